The van der Waals surface area contributed by atoms with Crippen LogP contribution in [0.3, 0.4) is 0 Å². The van der Waals surface area contributed by atoms with Crippen molar-refractivity contribution in [3.8, 4) is 6.19 Å². The van der Waals surface area contributed by atoms with Gasteiger partial charge in [0.15, 0.2) is 6.19 Å². The molecule has 2 heterocycles. The third kappa shape index (κ3) is 3.56. The van der Waals surface area contributed by atoms with Crippen molar-refractivity contribution in [1.82, 2.24) is 14.7 Å². The number of nitrogens with zero attached hydrogens (tertiary/aromatic N) is 4. The number of hydrogen-bond donors (Lipinski definition) is 0. The lowest BCUT2D eigenvalue weighted by Crippen LogP contribution is -2.53. The van der Waals surface area contributed by atoms with E-state index in [4.69, 9.17) is 10.00 Å². The van der Waals surface area contributed by atoms with Crippen molar-refractivity contribution in [1.29, 1.82) is 5.26 Å². The van der Waals surface area contributed by atoms with Gasteiger partial charge in [-0.2, -0.15) is 5.26 Å². The summed E-state index contributed by atoms with van der Waals surface area (Å²) in [4.78, 5) is 6.79. The van der Waals surface area contributed by atoms with E-state index >= 15 is 0 Å². The maximum atomic E-state index is 8.94. The summed E-state index contributed by atoms with van der Waals surface area (Å²) in [5.74, 6) is 0. The van der Waals surface area contributed by atoms with Gasteiger partial charge in [0.2, 0.25) is 0 Å². The van der Waals surface area contributed by atoms with Gasteiger partial charge >= 0.3 is 0 Å². The van der Waals surface area contributed by atoms with E-state index in [0.29, 0.717) is 6.04 Å². The van der Waals surface area contributed by atoms with Crippen LogP contribution in [0, 0.1) is 11.5 Å². The van der Waals surface area contributed by atoms with E-state index in [-0.39, 0.29) is 0 Å². The third-order valence-corrected chi connectivity index (χ3v) is 3.55. The molecular weight excluding hydrogens is 216 g/mol. The Balaban J connectivity index is 1.78. The Morgan fingerprint density at radius 2 is 2.06 bits per heavy atom. The molecule has 5 heteroatoms. The summed E-state index contributed by atoms with van der Waals surface area (Å²) in [5, 5.41) is 8.94. The Hall–Kier alpha value is -0.830. The molecule has 2 saturated heterocycles. The molecule has 2 aliphatic rings. The first kappa shape index (κ1) is 12.6. The molecule has 0 saturated carbocycles. The Morgan fingerprint density at radius 1 is 1.18 bits per heavy atom. The van der Waals surface area contributed by atoms with E-state index in [0.717, 1.165) is 59.0 Å². The van der Waals surface area contributed by atoms with Crippen LogP contribution in [0.4, 0.5) is 0 Å². The summed E-state index contributed by atoms with van der Waals surface area (Å²) in [6.45, 7) is 9.92. The van der Waals surface area contributed by atoms with Crippen LogP contribution < -0.4 is 0 Å². The lowest BCUT2D eigenvalue weighted by atomic mass is 10.2. The molecule has 17 heavy (non-hydrogen) atoms. The van der Waals surface area contributed by atoms with Crippen LogP contribution in [-0.4, -0.2) is 73.3 Å². The van der Waals surface area contributed by atoms with Crippen molar-refractivity contribution >= 4 is 0 Å². The first-order valence-corrected chi connectivity index (χ1v) is 6.48. The molecule has 0 N–H and O–H groups in total. The van der Waals surface area contributed by atoms with Crippen molar-refractivity contribution in [2.75, 3.05) is 52.6 Å². The maximum absolute atomic E-state index is 8.94. The topological polar surface area (TPSA) is 42.7 Å². The molecule has 2 fully saturated rings. The molecule has 1 atom stereocenters. The van der Waals surface area contributed by atoms with Crippen LogP contribution >= 0.6 is 0 Å². The van der Waals surface area contributed by atoms with Crippen LogP contribution in [0.15, 0.2) is 0 Å². The molecule has 0 aromatic carbocycles. The fourth-order valence-corrected chi connectivity index (χ4v) is 2.53. The van der Waals surface area contributed by atoms with Gasteiger partial charge in [-0.25, -0.2) is 0 Å². The van der Waals surface area contributed by atoms with E-state index in [9.17, 15) is 0 Å². The number of rotatable bonds is 2. The highest BCUT2D eigenvalue weighted by atomic mass is 16.5. The fourth-order valence-electron chi connectivity index (χ4n) is 2.53. The second kappa shape index (κ2) is 6.20. The van der Waals surface area contributed by atoms with Gasteiger partial charge in [-0.05, 0) is 13.3 Å². The molecular formula is C12H22N4O. The number of nitriles is 1. The highest BCUT2D eigenvalue weighted by molar-refractivity contribution is 4.86. The van der Waals surface area contributed by atoms with Crippen LogP contribution in [0.25, 0.3) is 0 Å². The van der Waals surface area contributed by atoms with E-state index in [1.165, 1.54) is 0 Å². The van der Waals surface area contributed by atoms with Gasteiger partial charge in [0, 0.05) is 45.4 Å². The van der Waals surface area contributed by atoms with Gasteiger partial charge in [-0.1, -0.05) is 0 Å². The van der Waals surface area contributed by atoms with E-state index in [1.54, 1.807) is 0 Å². The predicted molar refractivity (Wildman–Crippen MR) is 65.2 cm³/mol. The highest BCUT2D eigenvalue weighted by Gasteiger charge is 2.24. The molecule has 2 rings (SSSR count). The first-order chi connectivity index (χ1) is 8.29. The quantitative estimate of drug-likeness (QED) is 0.641. The predicted octanol–water partition coefficient (Wildman–Crippen LogP) is 0.153. The summed E-state index contributed by atoms with van der Waals surface area (Å²) < 4.78 is 5.46. The van der Waals surface area contributed by atoms with Gasteiger partial charge < -0.3 is 9.64 Å². The number of ether oxygens (including phenoxy) is 1. The molecule has 0 aromatic heterocycles. The van der Waals surface area contributed by atoms with Crippen molar-refractivity contribution in [2.45, 2.75) is 19.4 Å². The molecule has 0 aliphatic carbocycles. The molecule has 1 unspecified atom stereocenters. The van der Waals surface area contributed by atoms with Crippen molar-refractivity contribution in [3.05, 3.63) is 0 Å². The minimum absolute atomic E-state index is 0.344. The summed E-state index contributed by atoms with van der Waals surface area (Å²) in [6, 6.07) is 0.344. The number of piperazine rings is 1. The normalized spacial score (nSPS) is 28.7. The van der Waals surface area contributed by atoms with Gasteiger partial charge in [-0.3, -0.25) is 9.80 Å². The summed E-state index contributed by atoms with van der Waals surface area (Å²) in [6.07, 6.45) is 3.39. The molecule has 0 bridgehead atoms. The molecule has 0 amide bonds. The van der Waals surface area contributed by atoms with Crippen molar-refractivity contribution < 1.29 is 4.74 Å². The highest BCUT2D eigenvalue weighted by Crippen LogP contribution is 2.09. The van der Waals surface area contributed by atoms with Crippen LogP contribution in [0.2, 0.25) is 0 Å². The lowest BCUT2D eigenvalue weighted by Gasteiger charge is -2.39. The minimum atomic E-state index is 0.344. The van der Waals surface area contributed by atoms with Crippen LogP contribution in [-0.2, 0) is 4.74 Å². The molecule has 5 nitrogen and oxygen atoms in total. The van der Waals surface area contributed by atoms with Gasteiger partial charge in [0.05, 0.1) is 13.3 Å². The van der Waals surface area contributed by atoms with Crippen molar-refractivity contribution in [3.63, 3.8) is 0 Å². The summed E-state index contributed by atoms with van der Waals surface area (Å²) >= 11 is 0. The summed E-state index contributed by atoms with van der Waals surface area (Å²) in [5.41, 5.74) is 0. The standard InChI is InChI=1S/C12H22N4O/c1-12-9-15(4-5-16(12)10-13)11-14-3-2-7-17-8-6-14/h12H,2-9,11H2,1H3. The van der Waals surface area contributed by atoms with Gasteiger partial charge in [0.25, 0.3) is 0 Å². The summed E-state index contributed by atoms with van der Waals surface area (Å²) in [7, 11) is 0. The van der Waals surface area contributed by atoms with E-state index in [2.05, 4.69) is 22.9 Å². The zero-order valence-electron chi connectivity index (χ0n) is 10.6. The molecule has 0 aromatic rings. The largest absolute Gasteiger partial charge is 0.380 e. The smallest absolute Gasteiger partial charge is 0.179 e. The maximum Gasteiger partial charge on any atom is 0.179 e. The molecule has 0 spiro atoms. The number of hydrogen-bond acceptors (Lipinski definition) is 5. The zero-order chi connectivity index (χ0) is 12.1. The van der Waals surface area contributed by atoms with Gasteiger partial charge in [0.1, 0.15) is 0 Å². The monoisotopic (exact) mass is 238 g/mol. The van der Waals surface area contributed by atoms with Crippen molar-refractivity contribution in [2.24, 2.45) is 0 Å². The van der Waals surface area contributed by atoms with E-state index < -0.39 is 0 Å². The fraction of sp³-hybridized carbons (Fsp3) is 0.917. The third-order valence-electron chi connectivity index (χ3n) is 3.55. The Bertz CT molecular complexity index is 270. The Morgan fingerprint density at radius 3 is 2.82 bits per heavy atom. The Labute approximate surface area is 104 Å². The SMILES string of the molecule is CC1CN(CN2CCCOCC2)CCN1C#N. The second-order valence-electron chi connectivity index (χ2n) is 4.94. The zero-order valence-corrected chi connectivity index (χ0v) is 10.6. The van der Waals surface area contributed by atoms with Crippen LogP contribution in [0.5, 0.6) is 0 Å². The Kier molecular flexibility index (Phi) is 4.60. The second-order valence-corrected chi connectivity index (χ2v) is 4.94. The van der Waals surface area contributed by atoms with Gasteiger partial charge in [-0.15, -0.1) is 0 Å². The average molecular weight is 238 g/mol. The van der Waals surface area contributed by atoms with Crippen LogP contribution in [0.1, 0.15) is 13.3 Å². The first-order valence-electron chi connectivity index (χ1n) is 6.48. The average Bonchev–Trinajstić information content (AvgIpc) is 2.58. The molecule has 2 aliphatic heterocycles. The van der Waals surface area contributed by atoms with E-state index in [1.807, 2.05) is 4.90 Å². The molecule has 96 valence electrons. The minimum Gasteiger partial charge on any atom is -0.380 e. The molecule has 0 radical (unpaired) electrons. The lowest BCUT2D eigenvalue weighted by molar-refractivity contribution is 0.0641.